The smallest absolute Gasteiger partial charge is 0.339 e. The molecule has 0 fully saturated rings. The molecule has 0 atom stereocenters. The van der Waals surface area contributed by atoms with Gasteiger partial charge in [0.2, 0.25) is 0 Å². The molecule has 4 aromatic rings. The zero-order valence-electron chi connectivity index (χ0n) is 15.0. The average molecular weight is 370 g/mol. The van der Waals surface area contributed by atoms with Crippen molar-refractivity contribution >= 4 is 40.6 Å². The minimum atomic E-state index is -0.879. The summed E-state index contributed by atoms with van der Waals surface area (Å²) in [5.74, 6) is -0.291. The third-order valence-corrected chi connectivity index (χ3v) is 7.05. The molecule has 4 rings (SSSR count). The topological polar surface area (TPSA) is 26.3 Å². The van der Waals surface area contributed by atoms with Crippen LogP contribution in [0.5, 0.6) is 0 Å². The van der Waals surface area contributed by atoms with Gasteiger partial charge in [0.05, 0.1) is 12.7 Å². The largest absolute Gasteiger partial charge is 0.465 e. The number of benzene rings is 4. The zero-order chi connectivity index (χ0) is 18.6. The highest BCUT2D eigenvalue weighted by Gasteiger charge is 2.24. The number of esters is 1. The second-order valence-corrected chi connectivity index (χ2v) is 8.36. The predicted molar refractivity (Wildman–Crippen MR) is 114 cm³/mol. The maximum atomic E-state index is 12.8. The van der Waals surface area contributed by atoms with Gasteiger partial charge in [0, 0.05) is 5.30 Å². The molecule has 0 saturated carbocycles. The Morgan fingerprint density at radius 3 is 1.85 bits per heavy atom. The molecule has 3 heteroatoms. The summed E-state index contributed by atoms with van der Waals surface area (Å²) in [5.41, 5.74) is 0.661. The van der Waals surface area contributed by atoms with E-state index < -0.39 is 7.92 Å². The first-order valence-corrected chi connectivity index (χ1v) is 10.1. The van der Waals surface area contributed by atoms with E-state index in [4.69, 9.17) is 4.74 Å². The lowest BCUT2D eigenvalue weighted by atomic mass is 10.0. The van der Waals surface area contributed by atoms with Crippen LogP contribution < -0.4 is 15.9 Å². The maximum absolute atomic E-state index is 12.8. The van der Waals surface area contributed by atoms with Crippen LogP contribution in [0.3, 0.4) is 0 Å². The van der Waals surface area contributed by atoms with Crippen molar-refractivity contribution < 1.29 is 9.53 Å². The Kier molecular flexibility index (Phi) is 5.00. The van der Waals surface area contributed by atoms with Gasteiger partial charge in [-0.3, -0.25) is 0 Å². The van der Waals surface area contributed by atoms with Gasteiger partial charge in [-0.15, -0.1) is 0 Å². The van der Waals surface area contributed by atoms with E-state index in [1.807, 2.05) is 60.7 Å². The van der Waals surface area contributed by atoms with Gasteiger partial charge in [0.15, 0.2) is 0 Å². The summed E-state index contributed by atoms with van der Waals surface area (Å²) in [7, 11) is 0.567. The van der Waals surface area contributed by atoms with Gasteiger partial charge >= 0.3 is 5.97 Å². The van der Waals surface area contributed by atoms with Crippen molar-refractivity contribution in [1.82, 2.24) is 0 Å². The Hall–Kier alpha value is -2.96. The fourth-order valence-corrected chi connectivity index (χ4v) is 5.80. The molecule has 0 aliphatic rings. The summed E-state index contributed by atoms with van der Waals surface area (Å²) in [5, 5.41) is 5.41. The minimum absolute atomic E-state index is 0.291. The minimum Gasteiger partial charge on any atom is -0.465 e. The second-order valence-electron chi connectivity index (χ2n) is 6.18. The molecule has 0 saturated heterocycles. The highest BCUT2D eigenvalue weighted by molar-refractivity contribution is 7.80. The number of hydrogen-bond acceptors (Lipinski definition) is 2. The number of rotatable bonds is 4. The molecule has 0 spiro atoms. The Morgan fingerprint density at radius 2 is 1.26 bits per heavy atom. The van der Waals surface area contributed by atoms with Gasteiger partial charge in [0.1, 0.15) is 0 Å². The summed E-state index contributed by atoms with van der Waals surface area (Å²) >= 11 is 0. The number of methoxy groups -OCH3 is 1. The summed E-state index contributed by atoms with van der Waals surface area (Å²) in [6.45, 7) is 0. The molecule has 0 amide bonds. The van der Waals surface area contributed by atoms with Crippen molar-refractivity contribution in [2.45, 2.75) is 0 Å². The van der Waals surface area contributed by atoms with E-state index in [-0.39, 0.29) is 5.97 Å². The molecule has 0 bridgehead atoms. The van der Waals surface area contributed by atoms with Crippen molar-refractivity contribution in [3.63, 3.8) is 0 Å². The Bertz CT molecular complexity index is 1040. The van der Waals surface area contributed by atoms with Crippen molar-refractivity contribution in [2.24, 2.45) is 0 Å². The second kappa shape index (κ2) is 7.73. The first-order valence-electron chi connectivity index (χ1n) is 8.80. The predicted octanol–water partition coefficient (Wildman–Crippen LogP) is 4.38. The van der Waals surface area contributed by atoms with E-state index in [2.05, 4.69) is 36.4 Å². The molecule has 2 nitrogen and oxygen atoms in total. The highest BCUT2D eigenvalue weighted by atomic mass is 31.1. The quantitative estimate of drug-likeness (QED) is 0.394. The van der Waals surface area contributed by atoms with Gasteiger partial charge in [-0.05, 0) is 29.3 Å². The molecule has 27 heavy (non-hydrogen) atoms. The molecule has 4 aromatic carbocycles. The number of carbonyl (C=O) groups excluding carboxylic acids is 1. The molecule has 0 unspecified atom stereocenters. The Balaban J connectivity index is 2.03. The van der Waals surface area contributed by atoms with E-state index in [1.54, 1.807) is 0 Å². The van der Waals surface area contributed by atoms with E-state index in [9.17, 15) is 4.79 Å². The van der Waals surface area contributed by atoms with E-state index in [1.165, 1.54) is 17.7 Å². The van der Waals surface area contributed by atoms with Crippen molar-refractivity contribution in [1.29, 1.82) is 0 Å². The van der Waals surface area contributed by atoms with Gasteiger partial charge in [0.25, 0.3) is 0 Å². The lowest BCUT2D eigenvalue weighted by molar-refractivity contribution is 0.0604. The molecule has 0 aliphatic heterocycles. The first kappa shape index (κ1) is 17.5. The lowest BCUT2D eigenvalue weighted by Gasteiger charge is -2.22. The third-order valence-electron chi connectivity index (χ3n) is 4.57. The van der Waals surface area contributed by atoms with Gasteiger partial charge < -0.3 is 4.74 Å². The average Bonchev–Trinajstić information content (AvgIpc) is 2.75. The van der Waals surface area contributed by atoms with Crippen LogP contribution >= 0.6 is 7.92 Å². The van der Waals surface area contributed by atoms with Crippen molar-refractivity contribution in [2.75, 3.05) is 7.11 Å². The number of fused-ring (bicyclic) bond motifs is 1. The molecule has 0 heterocycles. The SMILES string of the molecule is COC(=O)c1c(P(c2ccccc2)c2ccccc2)ccc2ccccc12. The van der Waals surface area contributed by atoms with Crippen LogP contribution in [0.1, 0.15) is 10.4 Å². The normalized spacial score (nSPS) is 10.9. The third kappa shape index (κ3) is 3.37. The summed E-state index contributed by atoms with van der Waals surface area (Å²) in [6, 6.07) is 32.9. The first-order chi connectivity index (χ1) is 13.3. The maximum Gasteiger partial charge on any atom is 0.339 e. The van der Waals surface area contributed by atoms with Crippen LogP contribution in [0, 0.1) is 0 Å². The van der Waals surface area contributed by atoms with E-state index in [0.29, 0.717) is 5.56 Å². The monoisotopic (exact) mass is 370 g/mol. The zero-order valence-corrected chi connectivity index (χ0v) is 15.9. The summed E-state index contributed by atoms with van der Waals surface area (Å²) in [4.78, 5) is 12.8. The molecular weight excluding hydrogens is 351 g/mol. The lowest BCUT2D eigenvalue weighted by Crippen LogP contribution is -2.26. The van der Waals surface area contributed by atoms with E-state index >= 15 is 0 Å². The Labute approximate surface area is 160 Å². The number of hydrogen-bond donors (Lipinski definition) is 0. The van der Waals surface area contributed by atoms with Crippen LogP contribution in [0.2, 0.25) is 0 Å². The summed E-state index contributed by atoms with van der Waals surface area (Å²) in [6.07, 6.45) is 0. The van der Waals surface area contributed by atoms with Crippen LogP contribution in [-0.2, 0) is 4.74 Å². The van der Waals surface area contributed by atoms with Crippen LogP contribution in [0.25, 0.3) is 10.8 Å². The van der Waals surface area contributed by atoms with E-state index in [0.717, 1.165) is 16.1 Å². The molecule has 0 aliphatic carbocycles. The van der Waals surface area contributed by atoms with Crippen LogP contribution in [-0.4, -0.2) is 13.1 Å². The molecule has 132 valence electrons. The van der Waals surface area contributed by atoms with Crippen LogP contribution in [0.4, 0.5) is 0 Å². The highest BCUT2D eigenvalue weighted by Crippen LogP contribution is 2.36. The van der Waals surface area contributed by atoms with Crippen molar-refractivity contribution in [3.8, 4) is 0 Å². The van der Waals surface area contributed by atoms with Crippen molar-refractivity contribution in [3.05, 3.63) is 103 Å². The van der Waals surface area contributed by atoms with Crippen LogP contribution in [0.15, 0.2) is 97.1 Å². The Morgan fingerprint density at radius 1 is 0.704 bits per heavy atom. The fourth-order valence-electron chi connectivity index (χ4n) is 3.34. The molecule has 0 radical (unpaired) electrons. The van der Waals surface area contributed by atoms with Gasteiger partial charge in [-0.25, -0.2) is 4.79 Å². The number of carbonyl (C=O) groups is 1. The summed E-state index contributed by atoms with van der Waals surface area (Å²) < 4.78 is 5.18. The fraction of sp³-hybridized carbons (Fsp3) is 0.0417. The standard InChI is InChI=1S/C24H19O2P/c1-26-24(25)23-21-15-9-8-10-18(21)16-17-22(23)27(19-11-4-2-5-12-19)20-13-6-3-7-14-20/h2-17H,1H3. The molecule has 0 N–H and O–H groups in total. The van der Waals surface area contributed by atoms with Gasteiger partial charge in [-0.1, -0.05) is 97.1 Å². The number of ether oxygens (including phenoxy) is 1. The molecular formula is C24H19O2P. The van der Waals surface area contributed by atoms with Gasteiger partial charge in [-0.2, -0.15) is 0 Å². The molecule has 0 aromatic heterocycles.